The molecule has 0 aliphatic carbocycles. The lowest BCUT2D eigenvalue weighted by atomic mass is 10.2. The van der Waals surface area contributed by atoms with E-state index in [1.165, 1.54) is 15.6 Å². The third kappa shape index (κ3) is 3.03. The number of rotatable bonds is 5. The van der Waals surface area contributed by atoms with Crippen LogP contribution in [0.1, 0.15) is 11.1 Å². The van der Waals surface area contributed by atoms with Crippen LogP contribution < -0.4 is 9.62 Å². The largest absolute Gasteiger partial charge is 0.316 e. The molecule has 1 aromatic heterocycles. The van der Waals surface area contributed by atoms with Gasteiger partial charge in [0.1, 0.15) is 4.21 Å². The Labute approximate surface area is 124 Å². The van der Waals surface area contributed by atoms with Crippen LogP contribution in [-0.2, 0) is 16.6 Å². The van der Waals surface area contributed by atoms with Gasteiger partial charge in [0.25, 0.3) is 10.0 Å². The van der Waals surface area contributed by atoms with Crippen LogP contribution in [0.5, 0.6) is 0 Å². The molecule has 0 radical (unpaired) electrons. The first kappa shape index (κ1) is 15.0. The minimum Gasteiger partial charge on any atom is -0.316 e. The lowest BCUT2D eigenvalue weighted by molar-refractivity contribution is 0.596. The van der Waals surface area contributed by atoms with E-state index >= 15 is 0 Å². The maximum absolute atomic E-state index is 12.6. The fraction of sp³-hybridized carbons (Fsp3) is 0.286. The Morgan fingerprint density at radius 1 is 1.30 bits per heavy atom. The number of sulfonamides is 1. The highest BCUT2D eigenvalue weighted by Gasteiger charge is 2.23. The smallest absolute Gasteiger partial charge is 0.273 e. The highest BCUT2D eigenvalue weighted by atomic mass is 32.2. The molecule has 1 aromatic carbocycles. The van der Waals surface area contributed by atoms with E-state index in [9.17, 15) is 8.42 Å². The summed E-state index contributed by atoms with van der Waals surface area (Å²) in [6, 6.07) is 9.19. The molecule has 0 fully saturated rings. The van der Waals surface area contributed by atoms with Crippen LogP contribution in [0, 0.1) is 6.92 Å². The second kappa shape index (κ2) is 5.95. The van der Waals surface area contributed by atoms with Crippen LogP contribution in [0.25, 0.3) is 0 Å². The molecule has 2 rings (SSSR count). The summed E-state index contributed by atoms with van der Waals surface area (Å²) in [6.45, 7) is 2.61. The van der Waals surface area contributed by atoms with Crippen molar-refractivity contribution in [1.82, 2.24) is 5.32 Å². The van der Waals surface area contributed by atoms with Crippen molar-refractivity contribution < 1.29 is 8.42 Å². The molecule has 0 saturated heterocycles. The molecule has 1 N–H and O–H groups in total. The molecule has 0 bridgehead atoms. The van der Waals surface area contributed by atoms with Crippen LogP contribution in [0.4, 0.5) is 5.69 Å². The standard InChI is InChI=1S/C14H18N2O2S2/c1-11-5-4-6-13(7-11)16(3)20(17,18)14-8-12(9-15-2)10-19-14/h4-8,10,15H,9H2,1-3H3. The predicted molar refractivity (Wildman–Crippen MR) is 83.9 cm³/mol. The lowest BCUT2D eigenvalue weighted by Crippen LogP contribution is -2.25. The minimum atomic E-state index is -3.48. The zero-order chi connectivity index (χ0) is 14.8. The molecule has 4 nitrogen and oxygen atoms in total. The van der Waals surface area contributed by atoms with E-state index in [0.29, 0.717) is 16.4 Å². The molecule has 2 aromatic rings. The van der Waals surface area contributed by atoms with Crippen molar-refractivity contribution >= 4 is 27.0 Å². The van der Waals surface area contributed by atoms with Gasteiger partial charge in [0.15, 0.2) is 0 Å². The van der Waals surface area contributed by atoms with Gasteiger partial charge < -0.3 is 5.32 Å². The van der Waals surface area contributed by atoms with Gasteiger partial charge in [0.2, 0.25) is 0 Å². The normalized spacial score (nSPS) is 11.6. The maximum Gasteiger partial charge on any atom is 0.273 e. The molecular weight excluding hydrogens is 292 g/mol. The van der Waals surface area contributed by atoms with Crippen molar-refractivity contribution in [3.63, 3.8) is 0 Å². The van der Waals surface area contributed by atoms with Gasteiger partial charge in [-0.25, -0.2) is 8.42 Å². The van der Waals surface area contributed by atoms with E-state index in [1.807, 2.05) is 37.6 Å². The Hall–Kier alpha value is -1.37. The van der Waals surface area contributed by atoms with Gasteiger partial charge in [-0.15, -0.1) is 11.3 Å². The SMILES string of the molecule is CNCc1csc(S(=O)(=O)N(C)c2cccc(C)c2)c1. The Bertz CT molecular complexity index is 693. The average molecular weight is 310 g/mol. The number of thiophene rings is 1. The Morgan fingerprint density at radius 2 is 2.05 bits per heavy atom. The Kier molecular flexibility index (Phi) is 4.47. The minimum absolute atomic E-state index is 0.367. The predicted octanol–water partition coefficient (Wildman–Crippen LogP) is 2.60. The summed E-state index contributed by atoms with van der Waals surface area (Å²) < 4.78 is 26.9. The number of anilines is 1. The fourth-order valence-corrected chi connectivity index (χ4v) is 4.45. The van der Waals surface area contributed by atoms with Crippen LogP contribution in [-0.4, -0.2) is 22.5 Å². The van der Waals surface area contributed by atoms with E-state index in [0.717, 1.165) is 11.1 Å². The van der Waals surface area contributed by atoms with Crippen molar-refractivity contribution in [2.45, 2.75) is 17.7 Å². The fourth-order valence-electron chi connectivity index (χ4n) is 1.88. The van der Waals surface area contributed by atoms with Crippen molar-refractivity contribution in [2.75, 3.05) is 18.4 Å². The van der Waals surface area contributed by atoms with Gasteiger partial charge in [-0.2, -0.15) is 0 Å². The lowest BCUT2D eigenvalue weighted by Gasteiger charge is -2.18. The van der Waals surface area contributed by atoms with Gasteiger partial charge >= 0.3 is 0 Å². The molecule has 0 unspecified atom stereocenters. The van der Waals surface area contributed by atoms with Crippen molar-refractivity contribution in [1.29, 1.82) is 0 Å². The highest BCUT2D eigenvalue weighted by molar-refractivity contribution is 7.94. The number of nitrogens with zero attached hydrogens (tertiary/aromatic N) is 1. The van der Waals surface area contributed by atoms with Crippen molar-refractivity contribution in [3.8, 4) is 0 Å². The molecule has 0 spiro atoms. The number of nitrogens with one attached hydrogen (secondary N) is 1. The van der Waals surface area contributed by atoms with Crippen LogP contribution >= 0.6 is 11.3 Å². The molecular formula is C14H18N2O2S2. The van der Waals surface area contributed by atoms with E-state index in [-0.39, 0.29) is 0 Å². The van der Waals surface area contributed by atoms with Crippen LogP contribution in [0.3, 0.4) is 0 Å². The second-order valence-corrected chi connectivity index (χ2v) is 7.72. The summed E-state index contributed by atoms with van der Waals surface area (Å²) >= 11 is 1.25. The average Bonchev–Trinajstić information content (AvgIpc) is 2.87. The van der Waals surface area contributed by atoms with E-state index in [2.05, 4.69) is 5.32 Å². The molecule has 108 valence electrons. The summed E-state index contributed by atoms with van der Waals surface area (Å²) in [5, 5.41) is 4.88. The molecule has 0 atom stereocenters. The van der Waals surface area contributed by atoms with Gasteiger partial charge in [0, 0.05) is 13.6 Å². The van der Waals surface area contributed by atoms with Crippen molar-refractivity contribution in [2.24, 2.45) is 0 Å². The zero-order valence-corrected chi connectivity index (χ0v) is 13.4. The van der Waals surface area contributed by atoms with Gasteiger partial charge in [-0.3, -0.25) is 4.31 Å². The quantitative estimate of drug-likeness (QED) is 0.923. The first-order valence-corrected chi connectivity index (χ1v) is 8.54. The number of hydrogen-bond acceptors (Lipinski definition) is 4. The van der Waals surface area contributed by atoms with Gasteiger partial charge in [-0.1, -0.05) is 12.1 Å². The number of hydrogen-bond donors (Lipinski definition) is 1. The monoisotopic (exact) mass is 310 g/mol. The second-order valence-electron chi connectivity index (χ2n) is 4.62. The van der Waals surface area contributed by atoms with Crippen molar-refractivity contribution in [3.05, 3.63) is 46.8 Å². The molecule has 0 amide bonds. The molecule has 0 saturated carbocycles. The summed E-state index contributed by atoms with van der Waals surface area (Å²) in [4.78, 5) is 0. The molecule has 0 aliphatic heterocycles. The van der Waals surface area contributed by atoms with E-state index in [4.69, 9.17) is 0 Å². The topological polar surface area (TPSA) is 49.4 Å². The summed E-state index contributed by atoms with van der Waals surface area (Å²) in [6.07, 6.45) is 0. The third-order valence-corrected chi connectivity index (χ3v) is 6.24. The number of benzene rings is 1. The summed E-state index contributed by atoms with van der Waals surface area (Å²) in [7, 11) is -0.0593. The zero-order valence-electron chi connectivity index (χ0n) is 11.8. The van der Waals surface area contributed by atoms with E-state index in [1.54, 1.807) is 19.2 Å². The maximum atomic E-state index is 12.6. The molecule has 1 heterocycles. The van der Waals surface area contributed by atoms with Crippen LogP contribution in [0.15, 0.2) is 39.9 Å². The highest BCUT2D eigenvalue weighted by Crippen LogP contribution is 2.27. The Balaban J connectivity index is 2.33. The Morgan fingerprint density at radius 3 is 2.70 bits per heavy atom. The van der Waals surface area contributed by atoms with Gasteiger partial charge in [0.05, 0.1) is 5.69 Å². The van der Waals surface area contributed by atoms with Gasteiger partial charge in [-0.05, 0) is 48.7 Å². The van der Waals surface area contributed by atoms with E-state index < -0.39 is 10.0 Å². The van der Waals surface area contributed by atoms with Crippen LogP contribution in [0.2, 0.25) is 0 Å². The summed E-state index contributed by atoms with van der Waals surface area (Å²) in [5.41, 5.74) is 2.69. The molecule has 20 heavy (non-hydrogen) atoms. The molecule has 6 heteroatoms. The summed E-state index contributed by atoms with van der Waals surface area (Å²) in [5.74, 6) is 0. The first-order chi connectivity index (χ1) is 9.45. The first-order valence-electron chi connectivity index (χ1n) is 6.23. The molecule has 0 aliphatic rings. The third-order valence-electron chi connectivity index (χ3n) is 2.99. The number of aryl methyl sites for hydroxylation is 1.